The van der Waals surface area contributed by atoms with Gasteiger partial charge in [-0.25, -0.2) is 19.3 Å². The minimum Gasteiger partial charge on any atom is -0.399 e. The molecule has 0 aliphatic carbocycles. The van der Waals surface area contributed by atoms with Gasteiger partial charge in [-0.05, 0) is 229 Å². The second-order valence-electron chi connectivity index (χ2n) is 22.1. The molecular formula is C60H88BBr2IN6O16P4. The van der Waals surface area contributed by atoms with Crippen LogP contribution in [-0.4, -0.2) is 125 Å². The number of halogens is 3. The van der Waals surface area contributed by atoms with E-state index in [0.29, 0.717) is 14.8 Å². The molecule has 90 heavy (non-hydrogen) atoms. The summed E-state index contributed by atoms with van der Waals surface area (Å²) < 4.78 is 130. The van der Waals surface area contributed by atoms with E-state index in [1.165, 1.54) is 6.42 Å². The molecule has 0 N–H and O–H groups in total. The molecule has 3 fully saturated rings. The third-order valence-electron chi connectivity index (χ3n) is 15.5. The van der Waals surface area contributed by atoms with Crippen molar-refractivity contribution < 1.29 is 73.2 Å². The van der Waals surface area contributed by atoms with Gasteiger partial charge >= 0.3 is 37.5 Å². The monoisotopic (exact) mass is 1570 g/mol. The van der Waals surface area contributed by atoms with Crippen molar-refractivity contribution in [2.75, 3.05) is 66.1 Å². The number of nitrogens with zero attached hydrogens (tertiary/aromatic N) is 6. The number of pyridine rings is 2. The van der Waals surface area contributed by atoms with Gasteiger partial charge in [0.05, 0.1) is 87.5 Å². The second-order valence-corrected chi connectivity index (χ2v) is 34.6. The minimum atomic E-state index is -3.91. The summed E-state index contributed by atoms with van der Waals surface area (Å²) in [7, 11) is -15.7. The zero-order chi connectivity index (χ0) is 65.5. The molecule has 3 saturated heterocycles. The van der Waals surface area contributed by atoms with Gasteiger partial charge in [0.1, 0.15) is 9.21 Å². The summed E-state index contributed by atoms with van der Waals surface area (Å²) in [6.45, 7) is 24.6. The van der Waals surface area contributed by atoms with E-state index in [-0.39, 0.29) is 96.5 Å². The third-order valence-corrected chi connectivity index (χ3v) is 29.5. The molecule has 2 atom stereocenters. The molecule has 0 spiro atoms. The van der Waals surface area contributed by atoms with E-state index in [9.17, 15) is 18.3 Å². The number of hydrogen-bond donors (Lipinski definition) is 0. The number of aromatic nitrogens is 6. The fraction of sp³-hybridized carbons (Fsp3) is 0.600. The average molecular weight is 1570 g/mol. The van der Waals surface area contributed by atoms with Crippen molar-refractivity contribution in [3.63, 3.8) is 0 Å². The van der Waals surface area contributed by atoms with Gasteiger partial charge in [0, 0.05) is 58.4 Å². The van der Waals surface area contributed by atoms with E-state index in [0.717, 1.165) is 92.8 Å². The van der Waals surface area contributed by atoms with Crippen LogP contribution in [0.3, 0.4) is 0 Å². The second kappa shape index (κ2) is 34.2. The number of fused-ring (bicyclic) bond motifs is 2. The van der Waals surface area contributed by atoms with E-state index in [1.54, 1.807) is 67.8 Å². The highest BCUT2D eigenvalue weighted by atomic mass is 127. The standard InChI is InChI=1S/C27H38BrN3O7P2.C18H25BN2O3.C15H25BrINO6P2/c1-5-35-39(32,36-6-2)26(40(33,37-7-3)38-8-4)17-21-16-22(18-29-27(21)28)20-12-13-24-23(15-20)19-30-31(24)25-11-9-10-14-34-25;1-17(2)18(3,4)24-19(23-17)14-8-9-15-13(11-14)12-20-21(15)16-7-5-6-10-22-16;1-5-21-25(19,22-6-2)14(26(20,23-7-3)24-8-4)10-12-9-13(17)11-18-15(12)16/h12-13,15-16,18-19,25-26H,5-11,14,17H2,1-4H3;8-9,11-12,16H,5-7,10H2,1-4H3;9,11,14H,5-8,10H2,1-4H3. The molecule has 498 valence electrons. The van der Waals surface area contributed by atoms with E-state index in [1.807, 2.05) is 46.0 Å². The van der Waals surface area contributed by atoms with Gasteiger partial charge in [-0.1, -0.05) is 18.2 Å². The first kappa shape index (κ1) is 75.3. The number of ether oxygens (including phenoxy) is 2. The van der Waals surface area contributed by atoms with E-state index < -0.39 is 41.2 Å². The molecule has 0 radical (unpaired) electrons. The highest BCUT2D eigenvalue weighted by molar-refractivity contribution is 14.1. The topological polar surface area (TPSA) is 240 Å². The molecule has 4 aromatic heterocycles. The van der Waals surface area contributed by atoms with Gasteiger partial charge in [-0.3, -0.25) is 18.3 Å². The van der Waals surface area contributed by atoms with E-state index >= 15 is 0 Å². The molecule has 3 aliphatic heterocycles. The SMILES string of the molecule is CC1(C)OB(c2ccc3c(cnn3C3CCCCO3)c2)OC1(C)C.CCOP(=O)(OCC)C(Cc1cc(-c2ccc3c(cnn3C3CCCCO3)c2)cnc1Br)P(=O)(OCC)OCC.CCOP(=O)(OCC)C(Cc1cc(I)cnc1Br)P(=O)(OCC)OCC. The van der Waals surface area contributed by atoms with Crippen molar-refractivity contribution in [3.05, 3.63) is 97.2 Å². The summed E-state index contributed by atoms with van der Waals surface area (Å²) in [6.07, 6.45) is 13.9. The molecule has 0 amide bonds. The zero-order valence-corrected chi connectivity index (χ0v) is 62.6. The first-order valence-corrected chi connectivity index (χ1v) is 40.1. The van der Waals surface area contributed by atoms with Crippen LogP contribution in [0, 0.1) is 3.57 Å². The number of benzene rings is 2. The van der Waals surface area contributed by atoms with E-state index in [2.05, 4.69) is 127 Å². The summed E-state index contributed by atoms with van der Waals surface area (Å²) >= 11 is 9.05. The summed E-state index contributed by atoms with van der Waals surface area (Å²) in [4.78, 5) is 8.79. The molecule has 6 aromatic rings. The fourth-order valence-electron chi connectivity index (χ4n) is 10.6. The largest absolute Gasteiger partial charge is 0.494 e. The van der Waals surface area contributed by atoms with Crippen molar-refractivity contribution in [2.24, 2.45) is 0 Å². The molecule has 30 heteroatoms. The average Bonchev–Trinajstić information content (AvgIpc) is 1.51. The van der Waals surface area contributed by atoms with Gasteiger partial charge in [0.25, 0.3) is 0 Å². The van der Waals surface area contributed by atoms with Crippen molar-refractivity contribution in [1.29, 1.82) is 0 Å². The molecule has 22 nitrogen and oxygen atoms in total. The Morgan fingerprint density at radius 2 is 0.922 bits per heavy atom. The van der Waals surface area contributed by atoms with Crippen LogP contribution in [-0.2, 0) is 86.1 Å². The Bertz CT molecular complexity index is 3390. The molecule has 9 rings (SSSR count). The number of rotatable bonds is 28. The normalized spacial score (nSPS) is 18.1. The maximum atomic E-state index is 14.0. The summed E-state index contributed by atoms with van der Waals surface area (Å²) in [5, 5.41) is 8.97. The van der Waals surface area contributed by atoms with Crippen molar-refractivity contribution in [2.45, 2.75) is 169 Å². The third kappa shape index (κ3) is 18.5. The summed E-state index contributed by atoms with van der Waals surface area (Å²) in [5.74, 6) is 0. The lowest BCUT2D eigenvalue weighted by molar-refractivity contribution is -0.0367. The lowest BCUT2D eigenvalue weighted by atomic mass is 9.79. The van der Waals surface area contributed by atoms with Gasteiger partial charge in [0.2, 0.25) is 0 Å². The lowest BCUT2D eigenvalue weighted by Gasteiger charge is -2.32. The molecule has 2 unspecified atom stereocenters. The summed E-state index contributed by atoms with van der Waals surface area (Å²) in [5.41, 5.74) is 5.65. The molecule has 0 bridgehead atoms. The number of hydrogen-bond acceptors (Lipinski definition) is 20. The minimum absolute atomic E-state index is 0.0369. The quantitative estimate of drug-likeness (QED) is 0.0192. The van der Waals surface area contributed by atoms with Gasteiger partial charge in [0.15, 0.2) is 23.3 Å². The molecule has 0 saturated carbocycles. The Kier molecular flexibility index (Phi) is 28.6. The van der Waals surface area contributed by atoms with Gasteiger partial charge in [-0.2, -0.15) is 10.2 Å². The lowest BCUT2D eigenvalue weighted by Crippen LogP contribution is -2.41. The highest BCUT2D eigenvalue weighted by Crippen LogP contribution is 2.72. The first-order chi connectivity index (χ1) is 42.9. The maximum absolute atomic E-state index is 14.0. The Morgan fingerprint density at radius 3 is 1.32 bits per heavy atom. The van der Waals surface area contributed by atoms with Gasteiger partial charge in [-0.15, -0.1) is 0 Å². The predicted molar refractivity (Wildman–Crippen MR) is 367 cm³/mol. The van der Waals surface area contributed by atoms with Crippen LogP contribution in [0.4, 0.5) is 0 Å². The van der Waals surface area contributed by atoms with E-state index in [4.69, 9.17) is 55.0 Å². The van der Waals surface area contributed by atoms with Crippen LogP contribution in [0.25, 0.3) is 32.9 Å². The Labute approximate surface area is 561 Å². The van der Waals surface area contributed by atoms with Gasteiger partial charge < -0.3 is 55.0 Å². The molecule has 7 heterocycles. The molecule has 3 aliphatic rings. The van der Waals surface area contributed by atoms with Crippen molar-refractivity contribution in [1.82, 2.24) is 29.5 Å². The van der Waals surface area contributed by atoms with Crippen LogP contribution in [0.2, 0.25) is 0 Å². The van der Waals surface area contributed by atoms with Crippen LogP contribution < -0.4 is 5.46 Å². The van der Waals surface area contributed by atoms with Crippen LogP contribution >= 0.6 is 84.8 Å². The Balaban J connectivity index is 0.000000201. The Hall–Kier alpha value is -2.13. The van der Waals surface area contributed by atoms with Crippen molar-refractivity contribution in [3.8, 4) is 11.1 Å². The van der Waals surface area contributed by atoms with Crippen LogP contribution in [0.5, 0.6) is 0 Å². The molecular weight excluding hydrogens is 1480 g/mol. The summed E-state index contributed by atoms with van der Waals surface area (Å²) in [6, 6.07) is 16.2. The van der Waals surface area contributed by atoms with Crippen LogP contribution in [0.15, 0.2) is 82.5 Å². The highest BCUT2D eigenvalue weighted by Gasteiger charge is 2.54. The maximum Gasteiger partial charge on any atom is 0.494 e. The first-order valence-electron chi connectivity index (χ1n) is 30.9. The van der Waals surface area contributed by atoms with Crippen LogP contribution in [0.1, 0.15) is 145 Å². The van der Waals surface area contributed by atoms with Crippen molar-refractivity contribution >= 4 is 119 Å². The zero-order valence-electron chi connectivity index (χ0n) is 53.7. The smallest absolute Gasteiger partial charge is 0.399 e. The Morgan fingerprint density at radius 1 is 0.533 bits per heavy atom. The fourth-order valence-corrected chi connectivity index (χ4v) is 22.5. The predicted octanol–water partition coefficient (Wildman–Crippen LogP) is 16.8. The molecule has 2 aromatic carbocycles.